The maximum absolute atomic E-state index is 13.0. The van der Waals surface area contributed by atoms with Crippen molar-refractivity contribution in [1.29, 1.82) is 0 Å². The van der Waals surface area contributed by atoms with Gasteiger partial charge in [0.25, 0.3) is 0 Å². The number of amides is 1. The fourth-order valence-corrected chi connectivity index (χ4v) is 6.04. The van der Waals surface area contributed by atoms with Crippen molar-refractivity contribution in [3.8, 4) is 16.9 Å². The summed E-state index contributed by atoms with van der Waals surface area (Å²) in [5.74, 6) is 1.35. The lowest BCUT2D eigenvalue weighted by atomic mass is 9.85. The molecule has 3 aliphatic heterocycles. The SMILES string of the molecule is CCc1cccc(-c2cc3c(cc2OC)C(NC(=O)O[C@@H]2CN4CCC2CC4)C(C)(C)C3)c1. The molecule has 1 amide bonds. The van der Waals surface area contributed by atoms with Gasteiger partial charge in [-0.3, -0.25) is 4.90 Å². The second kappa shape index (κ2) is 8.68. The summed E-state index contributed by atoms with van der Waals surface area (Å²) >= 11 is 0. The summed E-state index contributed by atoms with van der Waals surface area (Å²) in [7, 11) is 1.72. The Morgan fingerprint density at radius 2 is 1.97 bits per heavy atom. The van der Waals surface area contributed by atoms with Gasteiger partial charge < -0.3 is 14.8 Å². The smallest absolute Gasteiger partial charge is 0.407 e. The molecule has 4 aliphatic rings. The third kappa shape index (κ3) is 4.23. The number of alkyl carbamates (subject to hydrolysis) is 1. The molecular weight excluding hydrogens is 412 g/mol. The molecule has 3 saturated heterocycles. The van der Waals surface area contributed by atoms with Gasteiger partial charge in [-0.15, -0.1) is 0 Å². The number of piperidine rings is 3. The van der Waals surface area contributed by atoms with E-state index in [4.69, 9.17) is 9.47 Å². The Morgan fingerprint density at radius 1 is 1.18 bits per heavy atom. The molecule has 2 bridgehead atoms. The van der Waals surface area contributed by atoms with Crippen molar-refractivity contribution in [1.82, 2.24) is 10.2 Å². The van der Waals surface area contributed by atoms with Crippen molar-refractivity contribution < 1.29 is 14.3 Å². The highest BCUT2D eigenvalue weighted by Gasteiger charge is 2.42. The van der Waals surface area contributed by atoms with E-state index in [1.54, 1.807) is 7.11 Å². The number of benzene rings is 2. The molecule has 5 heteroatoms. The average Bonchev–Trinajstić information content (AvgIpc) is 3.07. The largest absolute Gasteiger partial charge is 0.496 e. The fraction of sp³-hybridized carbons (Fsp3) is 0.536. The summed E-state index contributed by atoms with van der Waals surface area (Å²) in [6, 6.07) is 12.9. The first-order valence-corrected chi connectivity index (χ1v) is 12.4. The number of aryl methyl sites for hydroxylation is 1. The molecule has 3 heterocycles. The third-order valence-corrected chi connectivity index (χ3v) is 7.96. The number of carbonyl (C=O) groups excluding carboxylic acids is 1. The quantitative estimate of drug-likeness (QED) is 0.668. The number of nitrogens with one attached hydrogen (secondary N) is 1. The van der Waals surface area contributed by atoms with E-state index < -0.39 is 0 Å². The van der Waals surface area contributed by atoms with Gasteiger partial charge in [-0.25, -0.2) is 4.79 Å². The summed E-state index contributed by atoms with van der Waals surface area (Å²) in [4.78, 5) is 15.4. The number of nitrogens with zero attached hydrogens (tertiary/aromatic N) is 1. The van der Waals surface area contributed by atoms with Gasteiger partial charge in [0.2, 0.25) is 0 Å². The fourth-order valence-electron chi connectivity index (χ4n) is 6.04. The van der Waals surface area contributed by atoms with Crippen LogP contribution in [0.1, 0.15) is 56.3 Å². The summed E-state index contributed by atoms with van der Waals surface area (Å²) in [6.45, 7) is 9.76. The molecule has 2 atom stereocenters. The zero-order valence-corrected chi connectivity index (χ0v) is 20.3. The van der Waals surface area contributed by atoms with Crippen LogP contribution in [0.4, 0.5) is 4.79 Å². The molecular formula is C28H36N2O3. The molecule has 3 fully saturated rings. The van der Waals surface area contributed by atoms with Gasteiger partial charge in [-0.05, 0) is 84.5 Å². The highest BCUT2D eigenvalue weighted by atomic mass is 16.6. The van der Waals surface area contributed by atoms with Crippen LogP contribution in [-0.2, 0) is 17.6 Å². The van der Waals surface area contributed by atoms with Gasteiger partial charge >= 0.3 is 6.09 Å². The summed E-state index contributed by atoms with van der Waals surface area (Å²) in [6.07, 6.45) is 3.89. The number of carbonyl (C=O) groups is 1. The topological polar surface area (TPSA) is 50.8 Å². The van der Waals surface area contributed by atoms with Gasteiger partial charge in [0, 0.05) is 12.1 Å². The van der Waals surface area contributed by atoms with Crippen LogP contribution in [0.25, 0.3) is 11.1 Å². The van der Waals surface area contributed by atoms with Crippen LogP contribution in [0.5, 0.6) is 5.75 Å². The van der Waals surface area contributed by atoms with Gasteiger partial charge in [0.05, 0.1) is 13.2 Å². The number of hydrogen-bond donors (Lipinski definition) is 1. The number of rotatable bonds is 5. The lowest BCUT2D eigenvalue weighted by Gasteiger charge is -2.44. The highest BCUT2D eigenvalue weighted by molar-refractivity contribution is 5.74. The first-order valence-electron chi connectivity index (χ1n) is 12.4. The van der Waals surface area contributed by atoms with Crippen LogP contribution < -0.4 is 10.1 Å². The molecule has 0 spiro atoms. The summed E-state index contributed by atoms with van der Waals surface area (Å²) in [5, 5.41) is 3.23. The Labute approximate surface area is 197 Å². The number of ether oxygens (including phenoxy) is 2. The number of fused-ring (bicyclic) bond motifs is 4. The van der Waals surface area contributed by atoms with Crippen molar-refractivity contribution >= 4 is 6.09 Å². The minimum atomic E-state index is -0.293. The number of hydrogen-bond acceptors (Lipinski definition) is 4. The van der Waals surface area contributed by atoms with Crippen molar-refractivity contribution in [3.05, 3.63) is 53.1 Å². The van der Waals surface area contributed by atoms with Gasteiger partial charge in [0.1, 0.15) is 11.9 Å². The minimum Gasteiger partial charge on any atom is -0.496 e. The van der Waals surface area contributed by atoms with Crippen LogP contribution >= 0.6 is 0 Å². The molecule has 0 radical (unpaired) electrons. The summed E-state index contributed by atoms with van der Waals surface area (Å²) < 4.78 is 11.8. The second-order valence-corrected chi connectivity index (χ2v) is 10.6. The van der Waals surface area contributed by atoms with Crippen LogP contribution in [-0.4, -0.2) is 43.8 Å². The van der Waals surface area contributed by atoms with Crippen LogP contribution in [0, 0.1) is 11.3 Å². The Hall–Kier alpha value is -2.53. The molecule has 33 heavy (non-hydrogen) atoms. The first-order chi connectivity index (χ1) is 15.9. The van der Waals surface area contributed by atoms with E-state index in [1.165, 1.54) is 16.7 Å². The molecule has 6 rings (SSSR count). The van der Waals surface area contributed by atoms with Crippen LogP contribution in [0.2, 0.25) is 0 Å². The maximum atomic E-state index is 13.0. The van der Waals surface area contributed by atoms with Crippen LogP contribution in [0.15, 0.2) is 36.4 Å². The molecule has 176 valence electrons. The predicted molar refractivity (Wildman–Crippen MR) is 131 cm³/mol. The lowest BCUT2D eigenvalue weighted by Crippen LogP contribution is -2.53. The Morgan fingerprint density at radius 3 is 2.64 bits per heavy atom. The first kappa shape index (κ1) is 22.3. The Kier molecular flexibility index (Phi) is 5.86. The molecule has 2 aromatic carbocycles. The highest BCUT2D eigenvalue weighted by Crippen LogP contribution is 2.48. The van der Waals surface area contributed by atoms with Crippen molar-refractivity contribution in [3.63, 3.8) is 0 Å². The third-order valence-electron chi connectivity index (χ3n) is 7.96. The molecule has 1 aliphatic carbocycles. The molecule has 1 unspecified atom stereocenters. The Balaban J connectivity index is 1.39. The Bertz CT molecular complexity index is 1040. The predicted octanol–water partition coefficient (Wildman–Crippen LogP) is 5.37. The van der Waals surface area contributed by atoms with E-state index in [0.29, 0.717) is 5.92 Å². The molecule has 0 saturated carbocycles. The second-order valence-electron chi connectivity index (χ2n) is 10.6. The van der Waals surface area contributed by atoms with E-state index >= 15 is 0 Å². The average molecular weight is 449 g/mol. The van der Waals surface area contributed by atoms with Crippen molar-refractivity contribution in [2.45, 2.75) is 58.6 Å². The van der Waals surface area contributed by atoms with E-state index in [9.17, 15) is 4.79 Å². The van der Waals surface area contributed by atoms with E-state index in [2.05, 4.69) is 67.4 Å². The van der Waals surface area contributed by atoms with Gasteiger partial charge in [-0.2, -0.15) is 0 Å². The normalized spacial score (nSPS) is 27.2. The zero-order valence-electron chi connectivity index (χ0n) is 20.3. The zero-order chi connectivity index (χ0) is 23.2. The molecule has 0 aromatic heterocycles. The van der Waals surface area contributed by atoms with E-state index in [0.717, 1.165) is 62.2 Å². The van der Waals surface area contributed by atoms with E-state index in [1.807, 2.05) is 0 Å². The monoisotopic (exact) mass is 448 g/mol. The van der Waals surface area contributed by atoms with Crippen LogP contribution in [0.3, 0.4) is 0 Å². The lowest BCUT2D eigenvalue weighted by molar-refractivity contribution is -0.0349. The van der Waals surface area contributed by atoms with Gasteiger partial charge in [-0.1, -0.05) is 45.0 Å². The van der Waals surface area contributed by atoms with E-state index in [-0.39, 0.29) is 23.7 Å². The van der Waals surface area contributed by atoms with Crippen molar-refractivity contribution in [2.24, 2.45) is 11.3 Å². The molecule has 1 N–H and O–H groups in total. The van der Waals surface area contributed by atoms with Gasteiger partial charge in [0.15, 0.2) is 0 Å². The number of methoxy groups -OCH3 is 1. The van der Waals surface area contributed by atoms with Crippen molar-refractivity contribution in [2.75, 3.05) is 26.7 Å². The molecule has 5 nitrogen and oxygen atoms in total. The minimum absolute atomic E-state index is 0.0132. The maximum Gasteiger partial charge on any atom is 0.407 e. The summed E-state index contributed by atoms with van der Waals surface area (Å²) in [5.41, 5.74) is 5.89. The molecule has 2 aromatic rings. The standard InChI is InChI=1S/C28H36N2O3/c1-5-18-7-6-8-20(13-18)22-14-21-16-28(2,3)26(23(21)15-24(22)32-4)29-27(31)33-25-17-30-11-9-19(25)10-12-30/h6-8,13-15,19,25-26H,5,9-12,16-17H2,1-4H3,(H,29,31)/t25-,26?/m1/s1.